The number of nitrogens with one attached hydrogen (secondary N) is 1. The van der Waals surface area contributed by atoms with Gasteiger partial charge in [-0.2, -0.15) is 15.7 Å². The lowest BCUT2D eigenvalue weighted by Crippen LogP contribution is -2.13. The summed E-state index contributed by atoms with van der Waals surface area (Å²) in [6.45, 7) is 8.52. The topological polar surface area (TPSA) is 37.8 Å². The summed E-state index contributed by atoms with van der Waals surface area (Å²) in [5.41, 5.74) is 1.31. The van der Waals surface area contributed by atoms with Crippen molar-refractivity contribution in [2.24, 2.45) is 0 Å². The van der Waals surface area contributed by atoms with E-state index in [4.69, 9.17) is 0 Å². The smallest absolute Gasteiger partial charge is 0.203 e. The number of rotatable bonds is 3. The van der Waals surface area contributed by atoms with E-state index < -0.39 is 0 Å². The fraction of sp³-hybridized carbons (Fsp3) is 0.500. The Hall–Kier alpha value is -0.940. The number of aromatic nitrogens is 2. The van der Waals surface area contributed by atoms with Crippen LogP contribution in [0, 0.1) is 0 Å². The van der Waals surface area contributed by atoms with Crippen LogP contribution < -0.4 is 5.32 Å². The van der Waals surface area contributed by atoms with Gasteiger partial charge in [0.15, 0.2) is 0 Å². The van der Waals surface area contributed by atoms with Gasteiger partial charge in [0.05, 0.1) is 6.04 Å². The molecule has 2 heterocycles. The summed E-state index contributed by atoms with van der Waals surface area (Å²) in [5, 5.41) is 8.53. The predicted molar refractivity (Wildman–Crippen MR) is 75.0 cm³/mol. The highest BCUT2D eigenvalue weighted by Crippen LogP contribution is 2.26. The van der Waals surface area contributed by atoms with Crippen molar-refractivity contribution >= 4 is 28.0 Å². The van der Waals surface area contributed by atoms with Crippen LogP contribution in [0.2, 0.25) is 0 Å². The van der Waals surface area contributed by atoms with Gasteiger partial charge in [0.1, 0.15) is 5.82 Å². The zero-order valence-electron chi connectivity index (χ0n) is 10.5. The van der Waals surface area contributed by atoms with Crippen LogP contribution in [0.1, 0.15) is 45.1 Å². The fourth-order valence-electron chi connectivity index (χ4n) is 1.38. The Kier molecular flexibility index (Phi) is 3.49. The van der Waals surface area contributed by atoms with E-state index in [1.807, 2.05) is 0 Å². The molecule has 0 saturated heterocycles. The van der Waals surface area contributed by atoms with Crippen LogP contribution in [-0.2, 0) is 5.41 Å². The number of hydrogen-bond acceptors (Lipinski definition) is 5. The first kappa shape index (κ1) is 12.5. The molecule has 1 unspecified atom stereocenters. The van der Waals surface area contributed by atoms with Crippen LogP contribution in [0.15, 0.2) is 16.8 Å². The van der Waals surface area contributed by atoms with E-state index in [1.165, 1.54) is 17.1 Å². The first-order chi connectivity index (χ1) is 7.97. The van der Waals surface area contributed by atoms with Crippen LogP contribution in [0.5, 0.6) is 0 Å². The number of nitrogens with zero attached hydrogens (tertiary/aromatic N) is 2. The summed E-state index contributed by atoms with van der Waals surface area (Å²) < 4.78 is 4.39. The molecule has 0 aromatic carbocycles. The Morgan fingerprint density at radius 1 is 1.35 bits per heavy atom. The van der Waals surface area contributed by atoms with Gasteiger partial charge in [-0.15, -0.1) is 0 Å². The average molecular weight is 267 g/mol. The Labute approximate surface area is 110 Å². The normalized spacial score (nSPS) is 13.6. The van der Waals surface area contributed by atoms with E-state index >= 15 is 0 Å². The lowest BCUT2D eigenvalue weighted by atomic mass is 9.96. The summed E-state index contributed by atoms with van der Waals surface area (Å²) >= 11 is 3.15. The van der Waals surface area contributed by atoms with E-state index in [0.29, 0.717) is 0 Å². The quantitative estimate of drug-likeness (QED) is 0.911. The maximum atomic E-state index is 4.53. The van der Waals surface area contributed by atoms with Crippen LogP contribution in [0.3, 0.4) is 0 Å². The molecule has 0 radical (unpaired) electrons. The lowest BCUT2D eigenvalue weighted by molar-refractivity contribution is 0.555. The first-order valence-electron chi connectivity index (χ1n) is 5.59. The standard InChI is InChI=1S/C12H17N3S2/c1-8(9-5-6-16-7-9)13-11-14-10(15-17-11)12(2,3)4/h5-8H,1-4H3,(H,13,14,15). The van der Waals surface area contributed by atoms with Crippen LogP contribution >= 0.6 is 22.9 Å². The molecule has 1 atom stereocenters. The summed E-state index contributed by atoms with van der Waals surface area (Å²) in [7, 11) is 0. The molecule has 2 aromatic rings. The molecule has 0 aliphatic carbocycles. The molecule has 92 valence electrons. The minimum Gasteiger partial charge on any atom is -0.354 e. The number of anilines is 1. The molecule has 0 fully saturated rings. The molecule has 17 heavy (non-hydrogen) atoms. The molecule has 0 bridgehead atoms. The van der Waals surface area contributed by atoms with Crippen molar-refractivity contribution in [2.75, 3.05) is 5.32 Å². The molecule has 1 N–H and O–H groups in total. The largest absolute Gasteiger partial charge is 0.354 e. The number of thiophene rings is 1. The van der Waals surface area contributed by atoms with E-state index in [1.54, 1.807) is 11.3 Å². The summed E-state index contributed by atoms with van der Waals surface area (Å²) in [6.07, 6.45) is 0. The molecule has 0 aliphatic rings. The Balaban J connectivity index is 2.07. The van der Waals surface area contributed by atoms with Gasteiger partial charge in [-0.1, -0.05) is 20.8 Å². The Bertz CT molecular complexity index is 468. The van der Waals surface area contributed by atoms with Crippen molar-refractivity contribution in [3.63, 3.8) is 0 Å². The summed E-state index contributed by atoms with van der Waals surface area (Å²) in [6, 6.07) is 2.41. The van der Waals surface area contributed by atoms with Gasteiger partial charge < -0.3 is 5.32 Å². The molecule has 0 aliphatic heterocycles. The SMILES string of the molecule is CC(Nc1nc(C(C)(C)C)ns1)c1ccsc1. The molecule has 2 aromatic heterocycles. The lowest BCUT2D eigenvalue weighted by Gasteiger charge is -2.13. The van der Waals surface area contributed by atoms with Crippen molar-refractivity contribution < 1.29 is 0 Å². The van der Waals surface area contributed by atoms with E-state index in [9.17, 15) is 0 Å². The van der Waals surface area contributed by atoms with E-state index in [2.05, 4.69) is 59.2 Å². The monoisotopic (exact) mass is 267 g/mol. The van der Waals surface area contributed by atoms with Gasteiger partial charge >= 0.3 is 0 Å². The van der Waals surface area contributed by atoms with Gasteiger partial charge in [-0.25, -0.2) is 4.98 Å². The van der Waals surface area contributed by atoms with Crippen LogP contribution in [-0.4, -0.2) is 9.36 Å². The summed E-state index contributed by atoms with van der Waals surface area (Å²) in [4.78, 5) is 4.53. The van der Waals surface area contributed by atoms with E-state index in [0.717, 1.165) is 11.0 Å². The van der Waals surface area contributed by atoms with Crippen LogP contribution in [0.25, 0.3) is 0 Å². The van der Waals surface area contributed by atoms with Crippen LogP contribution in [0.4, 0.5) is 5.13 Å². The van der Waals surface area contributed by atoms with Gasteiger partial charge in [0.25, 0.3) is 0 Å². The third kappa shape index (κ3) is 3.04. The highest BCUT2D eigenvalue weighted by atomic mass is 32.1. The fourth-order valence-corrected chi connectivity index (χ4v) is 2.98. The van der Waals surface area contributed by atoms with Crippen molar-refractivity contribution in [1.82, 2.24) is 9.36 Å². The maximum absolute atomic E-state index is 4.53. The van der Waals surface area contributed by atoms with Crippen molar-refractivity contribution in [3.05, 3.63) is 28.2 Å². The maximum Gasteiger partial charge on any atom is 0.203 e. The average Bonchev–Trinajstić information content (AvgIpc) is 2.85. The zero-order chi connectivity index (χ0) is 12.5. The van der Waals surface area contributed by atoms with E-state index in [-0.39, 0.29) is 11.5 Å². The number of hydrogen-bond donors (Lipinski definition) is 1. The molecule has 5 heteroatoms. The predicted octanol–water partition coefficient (Wildman–Crippen LogP) is 4.07. The summed E-state index contributed by atoms with van der Waals surface area (Å²) in [5.74, 6) is 0.905. The zero-order valence-corrected chi connectivity index (χ0v) is 12.2. The highest BCUT2D eigenvalue weighted by molar-refractivity contribution is 7.09. The van der Waals surface area contributed by atoms with Gasteiger partial charge in [-0.3, -0.25) is 0 Å². The molecular formula is C12H17N3S2. The molecular weight excluding hydrogens is 250 g/mol. The third-order valence-corrected chi connectivity index (χ3v) is 3.83. The minimum absolute atomic E-state index is 0.0159. The molecule has 0 spiro atoms. The molecule has 0 amide bonds. The Morgan fingerprint density at radius 2 is 2.12 bits per heavy atom. The van der Waals surface area contributed by atoms with Gasteiger partial charge in [0.2, 0.25) is 5.13 Å². The molecule has 2 rings (SSSR count). The third-order valence-electron chi connectivity index (χ3n) is 2.48. The van der Waals surface area contributed by atoms with Crippen molar-refractivity contribution in [3.8, 4) is 0 Å². The first-order valence-corrected chi connectivity index (χ1v) is 7.31. The minimum atomic E-state index is 0.0159. The van der Waals surface area contributed by atoms with Crippen molar-refractivity contribution in [2.45, 2.75) is 39.2 Å². The van der Waals surface area contributed by atoms with Gasteiger partial charge in [0, 0.05) is 16.9 Å². The second-order valence-corrected chi connectivity index (χ2v) is 6.63. The molecule has 3 nitrogen and oxygen atoms in total. The van der Waals surface area contributed by atoms with Gasteiger partial charge in [-0.05, 0) is 29.3 Å². The second-order valence-electron chi connectivity index (χ2n) is 5.10. The Morgan fingerprint density at radius 3 is 2.65 bits per heavy atom. The second kappa shape index (κ2) is 4.74. The highest BCUT2D eigenvalue weighted by Gasteiger charge is 2.20. The van der Waals surface area contributed by atoms with Crippen molar-refractivity contribution in [1.29, 1.82) is 0 Å². The molecule has 0 saturated carbocycles.